The van der Waals surface area contributed by atoms with Crippen molar-refractivity contribution in [2.24, 2.45) is 10.9 Å². The fourth-order valence-corrected chi connectivity index (χ4v) is 3.54. The molecule has 0 aliphatic carbocycles. The fourth-order valence-electron chi connectivity index (χ4n) is 3.54. The quantitative estimate of drug-likeness (QED) is 0.714. The van der Waals surface area contributed by atoms with E-state index in [1.54, 1.807) is 0 Å². The van der Waals surface area contributed by atoms with E-state index in [0.29, 0.717) is 11.8 Å². The zero-order valence-corrected chi connectivity index (χ0v) is 12.9. The van der Waals surface area contributed by atoms with Crippen LogP contribution in [0.1, 0.15) is 55.3 Å². The van der Waals surface area contributed by atoms with Crippen molar-refractivity contribution in [3.05, 3.63) is 71.3 Å². The molecule has 1 nitrogen and oxygen atoms in total. The molecular weight excluding hydrogens is 254 g/mol. The van der Waals surface area contributed by atoms with E-state index in [1.807, 2.05) is 0 Å². The maximum atomic E-state index is 4.96. The van der Waals surface area contributed by atoms with Crippen molar-refractivity contribution in [2.45, 2.75) is 38.6 Å². The SMILES string of the molecule is CCC[C@H]1[C@H](C)c2ccccc2C=N[C@H]1c1ccccc1. The third-order valence-corrected chi connectivity index (χ3v) is 4.67. The highest BCUT2D eigenvalue weighted by molar-refractivity contribution is 5.82. The van der Waals surface area contributed by atoms with Gasteiger partial charge in [-0.2, -0.15) is 0 Å². The van der Waals surface area contributed by atoms with E-state index in [9.17, 15) is 0 Å². The molecule has 0 saturated heterocycles. The van der Waals surface area contributed by atoms with Gasteiger partial charge in [0.1, 0.15) is 0 Å². The number of fused-ring (bicyclic) bond motifs is 1. The van der Waals surface area contributed by atoms with Gasteiger partial charge in [-0.1, -0.05) is 74.9 Å². The Hall–Kier alpha value is -1.89. The van der Waals surface area contributed by atoms with E-state index in [0.717, 1.165) is 0 Å². The molecular formula is C20H23N. The zero-order chi connectivity index (χ0) is 14.7. The van der Waals surface area contributed by atoms with Gasteiger partial charge in [0.2, 0.25) is 0 Å². The minimum atomic E-state index is 0.272. The standard InChI is InChI=1S/C20H23N/c1-3-9-19-15(2)18-13-8-7-12-17(18)14-21-20(19)16-10-5-4-6-11-16/h4-8,10-15,19-20H,3,9H2,1-2H3/t15-,19+,20+/m1/s1. The Morgan fingerprint density at radius 2 is 1.67 bits per heavy atom. The monoisotopic (exact) mass is 277 g/mol. The van der Waals surface area contributed by atoms with E-state index in [1.165, 1.54) is 29.5 Å². The topological polar surface area (TPSA) is 12.4 Å². The molecule has 108 valence electrons. The maximum Gasteiger partial charge on any atom is 0.0783 e. The van der Waals surface area contributed by atoms with E-state index < -0.39 is 0 Å². The highest BCUT2D eigenvalue weighted by Crippen LogP contribution is 2.42. The van der Waals surface area contributed by atoms with Crippen molar-refractivity contribution in [2.75, 3.05) is 0 Å². The van der Waals surface area contributed by atoms with Gasteiger partial charge in [0.15, 0.2) is 0 Å². The molecule has 0 N–H and O–H groups in total. The molecule has 0 spiro atoms. The molecule has 0 amide bonds. The van der Waals surface area contributed by atoms with Crippen LogP contribution in [0.2, 0.25) is 0 Å². The molecule has 2 aromatic rings. The number of hydrogen-bond donors (Lipinski definition) is 0. The molecule has 0 aromatic heterocycles. The van der Waals surface area contributed by atoms with Gasteiger partial charge in [-0.05, 0) is 34.9 Å². The molecule has 1 heterocycles. The minimum absolute atomic E-state index is 0.272. The van der Waals surface area contributed by atoms with Crippen LogP contribution < -0.4 is 0 Å². The lowest BCUT2D eigenvalue weighted by atomic mass is 9.77. The average molecular weight is 277 g/mol. The van der Waals surface area contributed by atoms with Crippen LogP contribution in [0.15, 0.2) is 59.6 Å². The van der Waals surface area contributed by atoms with Gasteiger partial charge in [0, 0.05) is 6.21 Å². The van der Waals surface area contributed by atoms with Crippen molar-refractivity contribution < 1.29 is 0 Å². The molecule has 2 aromatic carbocycles. The van der Waals surface area contributed by atoms with Crippen molar-refractivity contribution >= 4 is 6.21 Å². The summed E-state index contributed by atoms with van der Waals surface area (Å²) in [5, 5.41) is 0. The molecule has 3 atom stereocenters. The van der Waals surface area contributed by atoms with E-state index >= 15 is 0 Å². The predicted molar refractivity (Wildman–Crippen MR) is 90.0 cm³/mol. The first-order valence-corrected chi connectivity index (χ1v) is 7.98. The lowest BCUT2D eigenvalue weighted by Crippen LogP contribution is -2.17. The van der Waals surface area contributed by atoms with Gasteiger partial charge in [-0.15, -0.1) is 0 Å². The molecule has 3 rings (SSSR count). The molecule has 21 heavy (non-hydrogen) atoms. The summed E-state index contributed by atoms with van der Waals surface area (Å²) in [5.74, 6) is 1.10. The van der Waals surface area contributed by atoms with Crippen LogP contribution in [-0.4, -0.2) is 6.21 Å². The highest BCUT2D eigenvalue weighted by Gasteiger charge is 2.30. The molecule has 1 aliphatic heterocycles. The number of nitrogens with zero attached hydrogens (tertiary/aromatic N) is 1. The van der Waals surface area contributed by atoms with Crippen LogP contribution in [0.25, 0.3) is 0 Å². The number of rotatable bonds is 3. The number of benzene rings is 2. The summed E-state index contributed by atoms with van der Waals surface area (Å²) in [5.41, 5.74) is 4.06. The lowest BCUT2D eigenvalue weighted by molar-refractivity contribution is 0.348. The first-order valence-electron chi connectivity index (χ1n) is 7.98. The van der Waals surface area contributed by atoms with Crippen LogP contribution in [0, 0.1) is 5.92 Å². The van der Waals surface area contributed by atoms with Crippen LogP contribution in [-0.2, 0) is 0 Å². The highest BCUT2D eigenvalue weighted by atomic mass is 14.8. The smallest absolute Gasteiger partial charge is 0.0783 e. The third-order valence-electron chi connectivity index (χ3n) is 4.67. The summed E-state index contributed by atoms with van der Waals surface area (Å²) >= 11 is 0. The summed E-state index contributed by atoms with van der Waals surface area (Å²) < 4.78 is 0. The first-order chi connectivity index (χ1) is 10.3. The third kappa shape index (κ3) is 2.78. The fraction of sp³-hybridized carbons (Fsp3) is 0.350. The van der Waals surface area contributed by atoms with Crippen LogP contribution in [0.5, 0.6) is 0 Å². The largest absolute Gasteiger partial charge is 0.284 e. The predicted octanol–water partition coefficient (Wildman–Crippen LogP) is 5.38. The van der Waals surface area contributed by atoms with Crippen molar-refractivity contribution in [1.29, 1.82) is 0 Å². The van der Waals surface area contributed by atoms with E-state index in [2.05, 4.69) is 74.7 Å². The molecule has 1 heteroatoms. The van der Waals surface area contributed by atoms with Gasteiger partial charge in [-0.25, -0.2) is 0 Å². The Kier molecular flexibility index (Phi) is 4.19. The van der Waals surface area contributed by atoms with Gasteiger partial charge in [0.05, 0.1) is 6.04 Å². The second-order valence-electron chi connectivity index (χ2n) is 6.00. The Morgan fingerprint density at radius 3 is 2.43 bits per heavy atom. The maximum absolute atomic E-state index is 4.96. The average Bonchev–Trinajstić information content (AvgIpc) is 2.67. The Morgan fingerprint density at radius 1 is 0.952 bits per heavy atom. The zero-order valence-electron chi connectivity index (χ0n) is 12.9. The summed E-state index contributed by atoms with van der Waals surface area (Å²) in [7, 11) is 0. The number of aliphatic imine (C=N–C) groups is 1. The molecule has 0 radical (unpaired) electrons. The normalized spacial score (nSPS) is 24.4. The van der Waals surface area contributed by atoms with Gasteiger partial charge in [-0.3, -0.25) is 4.99 Å². The Bertz CT molecular complexity index is 615. The second-order valence-corrected chi connectivity index (χ2v) is 6.00. The Labute approximate surface area is 127 Å². The number of hydrogen-bond acceptors (Lipinski definition) is 1. The first kappa shape index (κ1) is 14.1. The van der Waals surface area contributed by atoms with E-state index in [-0.39, 0.29) is 6.04 Å². The molecule has 0 unspecified atom stereocenters. The second kappa shape index (κ2) is 6.26. The van der Waals surface area contributed by atoms with Crippen molar-refractivity contribution in [1.82, 2.24) is 0 Å². The summed E-state index contributed by atoms with van der Waals surface area (Å²) in [6.07, 6.45) is 4.50. The van der Waals surface area contributed by atoms with Gasteiger partial charge in [0.25, 0.3) is 0 Å². The summed E-state index contributed by atoms with van der Waals surface area (Å²) in [4.78, 5) is 4.96. The molecule has 0 bridgehead atoms. The molecule has 0 fully saturated rings. The van der Waals surface area contributed by atoms with Crippen LogP contribution in [0.3, 0.4) is 0 Å². The summed E-state index contributed by atoms with van der Waals surface area (Å²) in [6.45, 7) is 4.64. The minimum Gasteiger partial charge on any atom is -0.284 e. The van der Waals surface area contributed by atoms with Crippen molar-refractivity contribution in [3.8, 4) is 0 Å². The van der Waals surface area contributed by atoms with E-state index in [4.69, 9.17) is 4.99 Å². The lowest BCUT2D eigenvalue weighted by Gasteiger charge is -2.29. The molecule has 0 saturated carbocycles. The molecule has 1 aliphatic rings. The van der Waals surface area contributed by atoms with Gasteiger partial charge >= 0.3 is 0 Å². The van der Waals surface area contributed by atoms with Gasteiger partial charge < -0.3 is 0 Å². The van der Waals surface area contributed by atoms with Crippen molar-refractivity contribution in [3.63, 3.8) is 0 Å². The van der Waals surface area contributed by atoms with Crippen LogP contribution >= 0.6 is 0 Å². The van der Waals surface area contributed by atoms with Crippen LogP contribution in [0.4, 0.5) is 0 Å². The Balaban J connectivity index is 2.05. The summed E-state index contributed by atoms with van der Waals surface area (Å²) in [6, 6.07) is 19.7.